The smallest absolute Gasteiger partial charge is 0.326 e. The highest BCUT2D eigenvalue weighted by molar-refractivity contribution is 7.80. The maximum atomic E-state index is 13.2. The second-order valence-electron chi connectivity index (χ2n) is 8.47. The minimum atomic E-state index is -1.72. The van der Waals surface area contributed by atoms with E-state index < -0.39 is 60.2 Å². The van der Waals surface area contributed by atoms with Crippen molar-refractivity contribution in [3.05, 3.63) is 65.7 Å². The van der Waals surface area contributed by atoms with Gasteiger partial charge in [-0.1, -0.05) is 42.5 Å². The van der Waals surface area contributed by atoms with Gasteiger partial charge < -0.3 is 37.0 Å². The molecule has 2 aromatic carbocycles. The number of rotatable bonds is 14. The second kappa shape index (κ2) is 14.6. The van der Waals surface area contributed by atoms with Gasteiger partial charge in [-0.3, -0.25) is 19.2 Å². The average molecular weight is 547 g/mol. The van der Waals surface area contributed by atoms with Crippen molar-refractivity contribution in [2.45, 2.75) is 43.4 Å². The lowest BCUT2D eigenvalue weighted by Gasteiger charge is -2.24. The van der Waals surface area contributed by atoms with Crippen LogP contribution in [0.15, 0.2) is 54.6 Å². The number of thiol groups is 1. The number of hydrogen-bond acceptors (Lipinski definition) is 8. The molecule has 2 rings (SSSR count). The van der Waals surface area contributed by atoms with Gasteiger partial charge in [0.15, 0.2) is 0 Å². The van der Waals surface area contributed by atoms with Crippen molar-refractivity contribution < 1.29 is 39.3 Å². The quantitative estimate of drug-likeness (QED) is 0.143. The van der Waals surface area contributed by atoms with E-state index in [9.17, 15) is 34.2 Å². The van der Waals surface area contributed by atoms with E-state index in [1.165, 1.54) is 12.1 Å². The van der Waals surface area contributed by atoms with Crippen LogP contribution in [0, 0.1) is 0 Å². The largest absolute Gasteiger partial charge is 0.508 e. The number of phenolic OH excluding ortho intramolecular Hbond substituents is 1. The highest BCUT2D eigenvalue weighted by Gasteiger charge is 2.30. The molecule has 0 spiro atoms. The van der Waals surface area contributed by atoms with Crippen LogP contribution in [0.1, 0.15) is 17.5 Å². The molecule has 0 aliphatic carbocycles. The number of benzene rings is 2. The van der Waals surface area contributed by atoms with Gasteiger partial charge in [-0.2, -0.15) is 12.6 Å². The van der Waals surface area contributed by atoms with E-state index in [1.807, 2.05) is 6.07 Å². The fourth-order valence-corrected chi connectivity index (χ4v) is 3.69. The van der Waals surface area contributed by atoms with Crippen molar-refractivity contribution in [2.75, 3.05) is 5.75 Å². The second-order valence-corrected chi connectivity index (χ2v) is 8.83. The number of hydrogen-bond donors (Lipinski definition) is 8. The minimum absolute atomic E-state index is 0.00447. The molecule has 0 bridgehead atoms. The SMILES string of the molecule is NC(Cc1ccccc1)C(=O)NC(Cc1ccc(O)cc1)C(=O)NC(CS)C(=O)NC(CC(=O)O)C(=O)O. The third-order valence-corrected chi connectivity index (χ3v) is 5.82. The number of nitrogens with two attached hydrogens (primary N) is 1. The molecule has 38 heavy (non-hydrogen) atoms. The molecule has 0 aliphatic rings. The number of phenols is 1. The normalized spacial score (nSPS) is 13.8. The highest BCUT2D eigenvalue weighted by Crippen LogP contribution is 2.12. The van der Waals surface area contributed by atoms with E-state index in [1.54, 1.807) is 36.4 Å². The number of nitrogens with one attached hydrogen (secondary N) is 3. The van der Waals surface area contributed by atoms with Crippen molar-refractivity contribution in [3.8, 4) is 5.75 Å². The van der Waals surface area contributed by atoms with Crippen molar-refractivity contribution in [1.82, 2.24) is 16.0 Å². The van der Waals surface area contributed by atoms with Crippen molar-refractivity contribution in [2.24, 2.45) is 5.73 Å². The van der Waals surface area contributed by atoms with Crippen LogP contribution < -0.4 is 21.7 Å². The number of carboxylic acids is 2. The van der Waals surface area contributed by atoms with Gasteiger partial charge in [0.1, 0.15) is 23.9 Å². The molecule has 0 saturated carbocycles. The fraction of sp³-hybridized carbons (Fsp3) is 0.320. The Bertz CT molecular complexity index is 1130. The molecule has 0 aliphatic heterocycles. The predicted octanol–water partition coefficient (Wildman–Crippen LogP) is -0.552. The number of amides is 3. The molecule has 0 fully saturated rings. The van der Waals surface area contributed by atoms with Crippen LogP contribution in [0.3, 0.4) is 0 Å². The minimum Gasteiger partial charge on any atom is -0.508 e. The van der Waals surface area contributed by atoms with Crippen molar-refractivity contribution in [1.29, 1.82) is 0 Å². The van der Waals surface area contributed by atoms with Crippen LogP contribution in [0.2, 0.25) is 0 Å². The molecule has 12 nitrogen and oxygen atoms in total. The zero-order chi connectivity index (χ0) is 28.2. The lowest BCUT2D eigenvalue weighted by Crippen LogP contribution is -2.58. The van der Waals surface area contributed by atoms with Gasteiger partial charge in [0, 0.05) is 12.2 Å². The van der Waals surface area contributed by atoms with Gasteiger partial charge in [-0.05, 0) is 29.7 Å². The summed E-state index contributed by atoms with van der Waals surface area (Å²) in [4.78, 5) is 60.8. The van der Waals surface area contributed by atoms with E-state index in [-0.39, 0.29) is 24.3 Å². The van der Waals surface area contributed by atoms with E-state index in [0.717, 1.165) is 5.56 Å². The molecule has 0 heterocycles. The van der Waals surface area contributed by atoms with E-state index >= 15 is 0 Å². The molecule has 13 heteroatoms. The molecule has 4 unspecified atom stereocenters. The number of carbonyl (C=O) groups excluding carboxylic acids is 3. The maximum absolute atomic E-state index is 13.2. The predicted molar refractivity (Wildman–Crippen MR) is 139 cm³/mol. The van der Waals surface area contributed by atoms with Gasteiger partial charge in [-0.15, -0.1) is 0 Å². The van der Waals surface area contributed by atoms with Crippen LogP contribution in [-0.2, 0) is 36.8 Å². The maximum Gasteiger partial charge on any atom is 0.326 e. The Hall–Kier alpha value is -4.10. The average Bonchev–Trinajstić information content (AvgIpc) is 2.87. The summed E-state index contributed by atoms with van der Waals surface area (Å²) in [5.74, 6) is -5.60. The summed E-state index contributed by atoms with van der Waals surface area (Å²) in [6.45, 7) is 0. The fourth-order valence-electron chi connectivity index (χ4n) is 3.43. The third-order valence-electron chi connectivity index (χ3n) is 5.45. The molecule has 8 N–H and O–H groups in total. The Labute approximate surface area is 224 Å². The molecule has 0 aromatic heterocycles. The van der Waals surface area contributed by atoms with Gasteiger partial charge in [0.25, 0.3) is 0 Å². The zero-order valence-corrected chi connectivity index (χ0v) is 21.1. The standard InChI is InChI=1S/C25H30N4O8S/c26-17(10-14-4-2-1-3-5-14)22(33)27-18(11-15-6-8-16(30)9-7-15)23(34)29-20(13-38)24(35)28-19(25(36)37)12-21(31)32/h1-9,17-20,30,38H,10-13,26H2,(H,27,33)(H,28,35)(H,29,34)(H,31,32)(H,36,37). The molecule has 204 valence electrons. The van der Waals surface area contributed by atoms with Crippen LogP contribution >= 0.6 is 12.6 Å². The monoisotopic (exact) mass is 546 g/mol. The first-order chi connectivity index (χ1) is 18.0. The Morgan fingerprint density at radius 2 is 1.26 bits per heavy atom. The summed E-state index contributed by atoms with van der Waals surface area (Å²) < 4.78 is 0. The molecule has 2 aromatic rings. The number of aliphatic carboxylic acids is 2. The van der Waals surface area contributed by atoms with Gasteiger partial charge in [0.2, 0.25) is 17.7 Å². The summed E-state index contributed by atoms with van der Waals surface area (Å²) in [5.41, 5.74) is 7.45. The third kappa shape index (κ3) is 9.75. The number of aromatic hydroxyl groups is 1. The summed E-state index contributed by atoms with van der Waals surface area (Å²) in [6, 6.07) is 9.72. The van der Waals surface area contributed by atoms with Gasteiger partial charge >= 0.3 is 11.9 Å². The van der Waals surface area contributed by atoms with Crippen LogP contribution in [0.5, 0.6) is 5.75 Å². The van der Waals surface area contributed by atoms with E-state index in [2.05, 4.69) is 28.6 Å². The number of carbonyl (C=O) groups is 5. The number of carboxylic acid groups (broad SMARTS) is 2. The van der Waals surface area contributed by atoms with Crippen molar-refractivity contribution >= 4 is 42.3 Å². The Morgan fingerprint density at radius 3 is 1.82 bits per heavy atom. The molecule has 0 saturated heterocycles. The summed E-state index contributed by atoms with van der Waals surface area (Å²) in [5, 5.41) is 34.7. The molecular formula is C25H30N4O8S. The lowest BCUT2D eigenvalue weighted by molar-refractivity contribution is -0.147. The van der Waals surface area contributed by atoms with Gasteiger partial charge in [-0.25, -0.2) is 4.79 Å². The zero-order valence-electron chi connectivity index (χ0n) is 20.2. The van der Waals surface area contributed by atoms with Crippen LogP contribution in [0.4, 0.5) is 0 Å². The van der Waals surface area contributed by atoms with E-state index in [4.69, 9.17) is 10.8 Å². The Kier molecular flexibility index (Phi) is 11.6. The summed E-state index contributed by atoms with van der Waals surface area (Å²) >= 11 is 4.04. The highest BCUT2D eigenvalue weighted by atomic mass is 32.1. The Balaban J connectivity index is 2.16. The van der Waals surface area contributed by atoms with Crippen LogP contribution in [0.25, 0.3) is 0 Å². The van der Waals surface area contributed by atoms with Crippen molar-refractivity contribution in [3.63, 3.8) is 0 Å². The molecule has 3 amide bonds. The lowest BCUT2D eigenvalue weighted by atomic mass is 10.0. The first-order valence-corrected chi connectivity index (χ1v) is 12.2. The molecule has 4 atom stereocenters. The van der Waals surface area contributed by atoms with E-state index in [0.29, 0.717) is 5.56 Å². The van der Waals surface area contributed by atoms with Gasteiger partial charge in [0.05, 0.1) is 12.5 Å². The van der Waals surface area contributed by atoms with Crippen LogP contribution in [-0.4, -0.2) is 74.9 Å². The Morgan fingerprint density at radius 1 is 0.737 bits per heavy atom. The summed E-state index contributed by atoms with van der Waals surface area (Å²) in [6.07, 6.45) is -0.678. The molecular weight excluding hydrogens is 516 g/mol. The molecule has 0 radical (unpaired) electrons. The first kappa shape index (κ1) is 30.1. The first-order valence-electron chi connectivity index (χ1n) is 11.5. The summed E-state index contributed by atoms with van der Waals surface area (Å²) in [7, 11) is 0. The topological polar surface area (TPSA) is 208 Å².